The van der Waals surface area contributed by atoms with Crippen LogP contribution in [0, 0.1) is 0 Å². The number of fused-ring (bicyclic) bond motifs is 1. The van der Waals surface area contributed by atoms with Crippen LogP contribution in [0.2, 0.25) is 0 Å². The molecule has 0 radical (unpaired) electrons. The molecule has 2 heterocycles. The molecule has 1 N–H and O–H groups in total. The molecule has 4 nitrogen and oxygen atoms in total. The monoisotopic (exact) mass is 323 g/mol. The Morgan fingerprint density at radius 3 is 2.74 bits per heavy atom. The molecule has 0 spiro atoms. The largest absolute Gasteiger partial charge is 0.391 e. The van der Waals surface area contributed by atoms with Crippen molar-refractivity contribution in [1.29, 1.82) is 0 Å². The van der Waals surface area contributed by atoms with Crippen LogP contribution in [0.3, 0.4) is 0 Å². The van der Waals surface area contributed by atoms with E-state index in [1.165, 1.54) is 6.20 Å². The summed E-state index contributed by atoms with van der Waals surface area (Å²) in [5, 5.41) is 6.62. The quantitative estimate of drug-likeness (QED) is 0.939. The lowest BCUT2D eigenvalue weighted by Gasteiger charge is -2.20. The highest BCUT2D eigenvalue weighted by molar-refractivity contribution is 5.95. The molecular formula is C16H16F3N3O. The molecule has 1 aromatic heterocycles. The molecule has 1 amide bonds. The van der Waals surface area contributed by atoms with E-state index in [4.69, 9.17) is 0 Å². The molecule has 0 fully saturated rings. The van der Waals surface area contributed by atoms with E-state index >= 15 is 0 Å². The molecule has 1 aliphatic rings. The Hall–Kier alpha value is -2.31. The van der Waals surface area contributed by atoms with Crippen LogP contribution in [-0.4, -0.2) is 21.9 Å². The van der Waals surface area contributed by atoms with Crippen LogP contribution in [0.15, 0.2) is 36.5 Å². The smallest absolute Gasteiger partial charge is 0.345 e. The first kappa shape index (κ1) is 15.6. The van der Waals surface area contributed by atoms with Crippen molar-refractivity contribution in [3.8, 4) is 0 Å². The summed E-state index contributed by atoms with van der Waals surface area (Å²) in [6.07, 6.45) is -2.42. The van der Waals surface area contributed by atoms with Gasteiger partial charge in [0.15, 0.2) is 0 Å². The molecule has 1 aromatic carbocycles. The molecule has 3 rings (SSSR count). The van der Waals surface area contributed by atoms with Crippen molar-refractivity contribution in [2.75, 3.05) is 0 Å². The van der Waals surface area contributed by atoms with Gasteiger partial charge in [-0.25, -0.2) is 0 Å². The predicted octanol–water partition coefficient (Wildman–Crippen LogP) is 3.25. The van der Waals surface area contributed by atoms with Crippen LogP contribution in [0.5, 0.6) is 0 Å². The fourth-order valence-electron chi connectivity index (χ4n) is 2.86. The summed E-state index contributed by atoms with van der Waals surface area (Å²) in [5.74, 6) is -0.508. The highest BCUT2D eigenvalue weighted by atomic mass is 19.4. The summed E-state index contributed by atoms with van der Waals surface area (Å²) >= 11 is 0. The Labute approximate surface area is 131 Å². The highest BCUT2D eigenvalue weighted by Gasteiger charge is 2.34. The van der Waals surface area contributed by atoms with Crippen LogP contribution in [0.4, 0.5) is 13.2 Å². The molecule has 0 bridgehead atoms. The van der Waals surface area contributed by atoms with Crippen molar-refractivity contribution in [1.82, 2.24) is 15.1 Å². The van der Waals surface area contributed by atoms with Gasteiger partial charge in [-0.1, -0.05) is 30.3 Å². The Kier molecular flexibility index (Phi) is 4.11. The minimum absolute atomic E-state index is 0.366. The third-order valence-electron chi connectivity index (χ3n) is 3.92. The van der Waals surface area contributed by atoms with Crippen molar-refractivity contribution in [3.05, 3.63) is 53.3 Å². The molecule has 1 atom stereocenters. The second kappa shape index (κ2) is 6.06. The Bertz CT molecular complexity index is 694. The topological polar surface area (TPSA) is 46.9 Å². The number of benzene rings is 1. The van der Waals surface area contributed by atoms with E-state index in [1.807, 2.05) is 0 Å². The molecular weight excluding hydrogens is 307 g/mol. The second-order valence-corrected chi connectivity index (χ2v) is 5.59. The summed E-state index contributed by atoms with van der Waals surface area (Å²) in [7, 11) is 0. The van der Waals surface area contributed by atoms with Gasteiger partial charge in [0.1, 0.15) is 0 Å². The van der Waals surface area contributed by atoms with Gasteiger partial charge in [-0.3, -0.25) is 9.48 Å². The summed E-state index contributed by atoms with van der Waals surface area (Å²) in [5.41, 5.74) is 1.59. The van der Waals surface area contributed by atoms with E-state index in [0.717, 1.165) is 25.1 Å². The first-order chi connectivity index (χ1) is 10.9. The Morgan fingerprint density at radius 1 is 1.30 bits per heavy atom. The van der Waals surface area contributed by atoms with E-state index in [-0.39, 0.29) is 0 Å². The van der Waals surface area contributed by atoms with Crippen LogP contribution < -0.4 is 5.32 Å². The normalized spacial score (nSPS) is 15.3. The van der Waals surface area contributed by atoms with Gasteiger partial charge in [-0.05, 0) is 18.4 Å². The van der Waals surface area contributed by atoms with Crippen LogP contribution in [0.25, 0.3) is 0 Å². The van der Waals surface area contributed by atoms with Gasteiger partial charge in [0.05, 0.1) is 29.9 Å². The highest BCUT2D eigenvalue weighted by Crippen LogP contribution is 2.30. The number of aromatic nitrogens is 2. The second-order valence-electron chi connectivity index (χ2n) is 5.59. The third-order valence-corrected chi connectivity index (χ3v) is 3.92. The van der Waals surface area contributed by atoms with Crippen LogP contribution >= 0.6 is 0 Å². The SMILES string of the molecule is O=C(NC(CC(F)(F)F)c1ccccc1)c1cnn2c1CCC2. The molecule has 1 aliphatic heterocycles. The van der Waals surface area contributed by atoms with Gasteiger partial charge in [-0.15, -0.1) is 0 Å². The Morgan fingerprint density at radius 2 is 2.04 bits per heavy atom. The van der Waals surface area contributed by atoms with Crippen molar-refractivity contribution in [2.24, 2.45) is 0 Å². The van der Waals surface area contributed by atoms with Gasteiger partial charge >= 0.3 is 6.18 Å². The van der Waals surface area contributed by atoms with Gasteiger partial charge in [0, 0.05) is 6.54 Å². The zero-order valence-electron chi connectivity index (χ0n) is 12.3. The number of carbonyl (C=O) groups excluding carboxylic acids is 1. The maximum atomic E-state index is 12.8. The van der Waals surface area contributed by atoms with Gasteiger partial charge < -0.3 is 5.32 Å². The van der Waals surface area contributed by atoms with Crippen molar-refractivity contribution in [2.45, 2.75) is 38.0 Å². The van der Waals surface area contributed by atoms with Crippen molar-refractivity contribution in [3.63, 3.8) is 0 Å². The fourth-order valence-corrected chi connectivity index (χ4v) is 2.86. The number of hydrogen-bond acceptors (Lipinski definition) is 2. The molecule has 0 aliphatic carbocycles. The van der Waals surface area contributed by atoms with Crippen molar-refractivity contribution < 1.29 is 18.0 Å². The lowest BCUT2D eigenvalue weighted by atomic mass is 10.0. The fraction of sp³-hybridized carbons (Fsp3) is 0.375. The third kappa shape index (κ3) is 3.55. The maximum Gasteiger partial charge on any atom is 0.391 e. The number of rotatable bonds is 4. The maximum absolute atomic E-state index is 12.8. The van der Waals surface area contributed by atoms with Crippen molar-refractivity contribution >= 4 is 5.91 Å². The summed E-state index contributed by atoms with van der Waals surface area (Å²) < 4.78 is 40.2. The standard InChI is InChI=1S/C16H16F3N3O/c17-16(18,19)9-13(11-5-2-1-3-6-11)21-15(23)12-10-20-22-8-4-7-14(12)22/h1-3,5-6,10,13H,4,7-9H2,(H,21,23). The number of amides is 1. The minimum atomic E-state index is -4.37. The van der Waals surface area contributed by atoms with Crippen LogP contribution in [0.1, 0.15) is 40.5 Å². The van der Waals surface area contributed by atoms with E-state index < -0.39 is 24.5 Å². The lowest BCUT2D eigenvalue weighted by Crippen LogP contribution is -2.32. The molecule has 0 saturated heterocycles. The number of carbonyl (C=O) groups is 1. The zero-order valence-corrected chi connectivity index (χ0v) is 12.3. The molecule has 0 saturated carbocycles. The first-order valence-corrected chi connectivity index (χ1v) is 7.41. The van der Waals surface area contributed by atoms with Crippen LogP contribution in [-0.2, 0) is 13.0 Å². The zero-order chi connectivity index (χ0) is 16.4. The number of alkyl halides is 3. The lowest BCUT2D eigenvalue weighted by molar-refractivity contribution is -0.139. The van der Waals surface area contributed by atoms with Gasteiger partial charge in [0.2, 0.25) is 0 Å². The number of aryl methyl sites for hydroxylation is 1. The van der Waals surface area contributed by atoms with Gasteiger partial charge in [0.25, 0.3) is 5.91 Å². The molecule has 23 heavy (non-hydrogen) atoms. The molecule has 1 unspecified atom stereocenters. The summed E-state index contributed by atoms with van der Waals surface area (Å²) in [6, 6.07) is 7.09. The molecule has 2 aromatic rings. The predicted molar refractivity (Wildman–Crippen MR) is 77.9 cm³/mol. The van der Waals surface area contributed by atoms with E-state index in [9.17, 15) is 18.0 Å². The minimum Gasteiger partial charge on any atom is -0.345 e. The molecule has 7 heteroatoms. The van der Waals surface area contributed by atoms with E-state index in [0.29, 0.717) is 11.1 Å². The first-order valence-electron chi connectivity index (χ1n) is 7.41. The van der Waals surface area contributed by atoms with Gasteiger partial charge in [-0.2, -0.15) is 18.3 Å². The number of nitrogens with one attached hydrogen (secondary N) is 1. The van der Waals surface area contributed by atoms with E-state index in [1.54, 1.807) is 35.0 Å². The average Bonchev–Trinajstić information content (AvgIpc) is 3.08. The summed E-state index contributed by atoms with van der Waals surface area (Å²) in [4.78, 5) is 12.4. The summed E-state index contributed by atoms with van der Waals surface area (Å²) in [6.45, 7) is 0.743. The number of nitrogens with zero attached hydrogens (tertiary/aromatic N) is 2. The number of hydrogen-bond donors (Lipinski definition) is 1. The Balaban J connectivity index is 1.81. The molecule has 122 valence electrons. The number of halogens is 3. The average molecular weight is 323 g/mol. The van der Waals surface area contributed by atoms with E-state index in [2.05, 4.69) is 10.4 Å².